The van der Waals surface area contributed by atoms with Crippen LogP contribution in [0.15, 0.2) is 54.6 Å². The van der Waals surface area contributed by atoms with Gasteiger partial charge in [-0.25, -0.2) is 4.79 Å². The molecule has 1 saturated heterocycles. The quantitative estimate of drug-likeness (QED) is 0.348. The van der Waals surface area contributed by atoms with Crippen molar-refractivity contribution < 1.29 is 33.3 Å². The first kappa shape index (κ1) is 30.8. The van der Waals surface area contributed by atoms with Gasteiger partial charge in [-0.2, -0.15) is 0 Å². The van der Waals surface area contributed by atoms with E-state index in [1.165, 1.54) is 33.3 Å². The van der Waals surface area contributed by atoms with Crippen molar-refractivity contribution in [3.63, 3.8) is 0 Å². The van der Waals surface area contributed by atoms with E-state index in [4.69, 9.17) is 42.1 Å². The highest BCUT2D eigenvalue weighted by molar-refractivity contribution is 6.31. The van der Waals surface area contributed by atoms with Crippen molar-refractivity contribution >= 4 is 46.7 Å². The zero-order chi connectivity index (χ0) is 30.4. The third-order valence-corrected chi connectivity index (χ3v) is 7.37. The standard InChI is InChI=1S/C30H31Cl2N3O7/c1-39-23-13-26(41-3)24(27(14-23)42-4)16-34-15-19(10-18-11-21(32)8-9-25(18)40-2)29(37)35(17-28(34)36)30(38)33-22-7-5-6-20(31)12-22/h5-9,11-14,19H,10,15-17H2,1-4H3,(H,33,38). The lowest BCUT2D eigenvalue weighted by molar-refractivity contribution is -0.134. The van der Waals surface area contributed by atoms with Crippen molar-refractivity contribution in [2.75, 3.05) is 46.8 Å². The first-order valence-electron chi connectivity index (χ1n) is 12.9. The number of hydrogen-bond acceptors (Lipinski definition) is 7. The number of imide groups is 1. The van der Waals surface area contributed by atoms with Crippen LogP contribution in [0, 0.1) is 5.92 Å². The third kappa shape index (κ3) is 7.00. The van der Waals surface area contributed by atoms with Crippen molar-refractivity contribution in [3.8, 4) is 23.0 Å². The van der Waals surface area contributed by atoms with Crippen molar-refractivity contribution in [1.82, 2.24) is 9.80 Å². The Bertz CT molecular complexity index is 1460. The number of carbonyl (C=O) groups excluding carboxylic acids is 3. The molecule has 4 amide bonds. The predicted octanol–water partition coefficient (Wildman–Crippen LogP) is 5.29. The highest BCUT2D eigenvalue weighted by atomic mass is 35.5. The largest absolute Gasteiger partial charge is 0.496 e. The summed E-state index contributed by atoms with van der Waals surface area (Å²) in [5, 5.41) is 3.54. The molecule has 0 saturated carbocycles. The average Bonchev–Trinajstić information content (AvgIpc) is 3.09. The molecule has 1 aliphatic rings. The minimum absolute atomic E-state index is 0.00656. The first-order valence-corrected chi connectivity index (χ1v) is 13.7. The van der Waals surface area contributed by atoms with E-state index in [0.29, 0.717) is 49.9 Å². The topological polar surface area (TPSA) is 107 Å². The van der Waals surface area contributed by atoms with Gasteiger partial charge in [0.1, 0.15) is 29.5 Å². The Labute approximate surface area is 254 Å². The minimum atomic E-state index is -0.816. The molecule has 1 fully saturated rings. The summed E-state index contributed by atoms with van der Waals surface area (Å²) in [5.41, 5.74) is 1.62. The van der Waals surface area contributed by atoms with Crippen LogP contribution in [0.25, 0.3) is 0 Å². The molecule has 0 bridgehead atoms. The molecule has 42 heavy (non-hydrogen) atoms. The molecule has 1 atom stereocenters. The summed E-state index contributed by atoms with van der Waals surface area (Å²) in [5.74, 6) is 0.147. The van der Waals surface area contributed by atoms with Gasteiger partial charge in [0.05, 0.1) is 46.5 Å². The van der Waals surface area contributed by atoms with Gasteiger partial charge in [0.2, 0.25) is 11.8 Å². The van der Waals surface area contributed by atoms with Crippen molar-refractivity contribution in [2.45, 2.75) is 13.0 Å². The number of amides is 4. The van der Waals surface area contributed by atoms with Crippen molar-refractivity contribution in [1.29, 1.82) is 0 Å². The van der Waals surface area contributed by atoms with E-state index in [0.717, 1.165) is 4.90 Å². The number of nitrogens with one attached hydrogen (secondary N) is 1. The Morgan fingerprint density at radius 2 is 1.55 bits per heavy atom. The van der Waals surface area contributed by atoms with Gasteiger partial charge in [0, 0.05) is 34.4 Å². The summed E-state index contributed by atoms with van der Waals surface area (Å²) in [6.07, 6.45) is 0.157. The number of ether oxygens (including phenoxy) is 4. The number of anilines is 1. The molecule has 0 aliphatic carbocycles. The van der Waals surface area contributed by atoms with Crippen LogP contribution in [0.4, 0.5) is 10.5 Å². The maximum atomic E-state index is 13.9. The number of carbonyl (C=O) groups is 3. The number of halogens is 2. The van der Waals surface area contributed by atoms with E-state index < -0.39 is 30.3 Å². The highest BCUT2D eigenvalue weighted by Crippen LogP contribution is 2.36. The minimum Gasteiger partial charge on any atom is -0.496 e. The maximum absolute atomic E-state index is 13.9. The maximum Gasteiger partial charge on any atom is 0.329 e. The van der Waals surface area contributed by atoms with Crippen LogP contribution in [0.3, 0.4) is 0 Å². The van der Waals surface area contributed by atoms with Gasteiger partial charge in [-0.05, 0) is 48.4 Å². The van der Waals surface area contributed by atoms with Gasteiger partial charge in [0.25, 0.3) is 0 Å². The first-order chi connectivity index (χ1) is 20.2. The van der Waals surface area contributed by atoms with Crippen LogP contribution < -0.4 is 24.3 Å². The summed E-state index contributed by atoms with van der Waals surface area (Å²) in [6, 6.07) is 14.2. The molecular weight excluding hydrogens is 585 g/mol. The van der Waals surface area contributed by atoms with E-state index in [9.17, 15) is 14.4 Å². The van der Waals surface area contributed by atoms with E-state index in [1.807, 2.05) is 0 Å². The number of rotatable bonds is 9. The Kier molecular flexibility index (Phi) is 10.0. The lowest BCUT2D eigenvalue weighted by atomic mass is 9.96. The van der Waals surface area contributed by atoms with E-state index in [-0.39, 0.29) is 19.5 Å². The second kappa shape index (κ2) is 13.7. The highest BCUT2D eigenvalue weighted by Gasteiger charge is 2.38. The van der Waals surface area contributed by atoms with Crippen LogP contribution in [-0.2, 0) is 22.6 Å². The molecule has 10 nitrogen and oxygen atoms in total. The molecule has 0 aromatic heterocycles. The molecule has 1 N–H and O–H groups in total. The number of urea groups is 1. The number of methoxy groups -OCH3 is 4. The molecule has 4 rings (SSSR count). The van der Waals surface area contributed by atoms with Crippen LogP contribution in [0.2, 0.25) is 10.0 Å². The fourth-order valence-electron chi connectivity index (χ4n) is 4.81. The van der Waals surface area contributed by atoms with Gasteiger partial charge >= 0.3 is 6.03 Å². The van der Waals surface area contributed by atoms with Crippen LogP contribution in [-0.4, -0.2) is 69.2 Å². The normalized spacial score (nSPS) is 15.2. The zero-order valence-corrected chi connectivity index (χ0v) is 25.1. The number of benzene rings is 3. The molecule has 3 aromatic carbocycles. The molecule has 3 aromatic rings. The molecule has 222 valence electrons. The summed E-state index contributed by atoms with van der Waals surface area (Å²) < 4.78 is 22.0. The SMILES string of the molecule is COc1cc(OC)c(CN2CC(Cc3cc(Cl)ccc3OC)C(=O)N(C(=O)Nc3cccc(Cl)c3)CC2=O)c(OC)c1. The fraction of sp³-hybridized carbons (Fsp3) is 0.300. The zero-order valence-electron chi connectivity index (χ0n) is 23.6. The fourth-order valence-corrected chi connectivity index (χ4v) is 5.19. The third-order valence-electron chi connectivity index (χ3n) is 6.90. The molecule has 1 unspecified atom stereocenters. The van der Waals surface area contributed by atoms with Crippen LogP contribution in [0.5, 0.6) is 23.0 Å². The molecule has 12 heteroatoms. The summed E-state index contributed by atoms with van der Waals surface area (Å²) in [4.78, 5) is 43.4. The van der Waals surface area contributed by atoms with Crippen LogP contribution >= 0.6 is 23.2 Å². The summed E-state index contributed by atoms with van der Waals surface area (Å²) in [7, 11) is 6.04. The summed E-state index contributed by atoms with van der Waals surface area (Å²) in [6.45, 7) is -0.419. The Morgan fingerprint density at radius 1 is 0.881 bits per heavy atom. The molecule has 1 aliphatic heterocycles. The molecule has 0 radical (unpaired) electrons. The average molecular weight is 616 g/mol. The molecular formula is C30H31Cl2N3O7. The predicted molar refractivity (Wildman–Crippen MR) is 159 cm³/mol. The van der Waals surface area contributed by atoms with Crippen molar-refractivity contribution in [3.05, 3.63) is 75.8 Å². The van der Waals surface area contributed by atoms with E-state index in [2.05, 4.69) is 5.32 Å². The number of hydrogen-bond donors (Lipinski definition) is 1. The summed E-state index contributed by atoms with van der Waals surface area (Å²) >= 11 is 12.3. The smallest absolute Gasteiger partial charge is 0.329 e. The van der Waals surface area contributed by atoms with Gasteiger partial charge < -0.3 is 29.2 Å². The lowest BCUT2D eigenvalue weighted by Gasteiger charge is -2.26. The Morgan fingerprint density at radius 3 is 2.17 bits per heavy atom. The van der Waals surface area contributed by atoms with Gasteiger partial charge in [-0.1, -0.05) is 29.3 Å². The van der Waals surface area contributed by atoms with E-state index in [1.54, 1.807) is 54.6 Å². The second-order valence-corrected chi connectivity index (χ2v) is 10.4. The molecule has 0 spiro atoms. The lowest BCUT2D eigenvalue weighted by Crippen LogP contribution is -2.45. The van der Waals surface area contributed by atoms with Gasteiger partial charge in [0.15, 0.2) is 0 Å². The Balaban J connectivity index is 1.71. The van der Waals surface area contributed by atoms with Crippen molar-refractivity contribution in [2.24, 2.45) is 5.92 Å². The van der Waals surface area contributed by atoms with Crippen LogP contribution in [0.1, 0.15) is 11.1 Å². The molecule has 1 heterocycles. The van der Waals surface area contributed by atoms with E-state index >= 15 is 0 Å². The monoisotopic (exact) mass is 615 g/mol. The Hall–Kier alpha value is -4.15. The number of nitrogens with zero attached hydrogens (tertiary/aromatic N) is 2. The van der Waals surface area contributed by atoms with Gasteiger partial charge in [-0.3, -0.25) is 14.5 Å². The second-order valence-electron chi connectivity index (χ2n) is 9.51. The van der Waals surface area contributed by atoms with Gasteiger partial charge in [-0.15, -0.1) is 0 Å².